The normalized spacial score (nSPS) is 25.4. The number of hydrogen-bond acceptors (Lipinski definition) is 5. The number of carbonyl (C=O) groups excluding carboxylic acids is 2. The van der Waals surface area contributed by atoms with Crippen molar-refractivity contribution in [2.75, 3.05) is 26.7 Å². The molecule has 3 heterocycles. The van der Waals surface area contributed by atoms with Gasteiger partial charge in [0.05, 0.1) is 17.8 Å². The van der Waals surface area contributed by atoms with Crippen LogP contribution in [0.25, 0.3) is 0 Å². The van der Waals surface area contributed by atoms with Crippen LogP contribution in [0.2, 0.25) is 0 Å². The van der Waals surface area contributed by atoms with Gasteiger partial charge >= 0.3 is 0 Å². The van der Waals surface area contributed by atoms with Crippen molar-refractivity contribution in [1.29, 1.82) is 0 Å². The molecule has 1 aromatic heterocycles. The highest BCUT2D eigenvalue weighted by molar-refractivity contribution is 5.91. The number of nitrogens with zero attached hydrogens (tertiary/aromatic N) is 3. The quantitative estimate of drug-likeness (QED) is 0.755. The van der Waals surface area contributed by atoms with Crippen LogP contribution in [-0.4, -0.2) is 65.2 Å². The van der Waals surface area contributed by atoms with E-state index in [-0.39, 0.29) is 35.8 Å². The third-order valence-electron chi connectivity index (χ3n) is 4.76. The van der Waals surface area contributed by atoms with Crippen LogP contribution in [0.5, 0.6) is 0 Å². The fraction of sp³-hybridized carbons (Fsp3) is 0.643. The zero-order valence-corrected chi connectivity index (χ0v) is 12.2. The Hall–Kier alpha value is -1.89. The molecule has 1 aromatic rings. The Morgan fingerprint density at radius 3 is 2.76 bits per heavy atom. The second-order valence-electron chi connectivity index (χ2n) is 5.70. The highest BCUT2D eigenvalue weighted by Crippen LogP contribution is 2.35. The summed E-state index contributed by atoms with van der Waals surface area (Å²) in [5, 5.41) is 3.56. The molecule has 2 aliphatic heterocycles. The average Bonchev–Trinajstić information content (AvgIpc) is 3.04. The van der Waals surface area contributed by atoms with E-state index in [2.05, 4.69) is 5.16 Å². The Labute approximate surface area is 122 Å². The predicted octanol–water partition coefficient (Wildman–Crippen LogP) is 0.526. The first-order valence-corrected chi connectivity index (χ1v) is 7.13. The van der Waals surface area contributed by atoms with Gasteiger partial charge in [0.1, 0.15) is 6.61 Å². The van der Waals surface area contributed by atoms with E-state index < -0.39 is 0 Å². The molecule has 21 heavy (non-hydrogen) atoms. The summed E-state index contributed by atoms with van der Waals surface area (Å²) in [5.41, 5.74) is -0.346. The van der Waals surface area contributed by atoms with Gasteiger partial charge < -0.3 is 19.1 Å². The van der Waals surface area contributed by atoms with Gasteiger partial charge in [-0.05, 0) is 19.8 Å². The number of piperidine rings is 1. The Balaban J connectivity index is 1.67. The van der Waals surface area contributed by atoms with Gasteiger partial charge in [0.25, 0.3) is 5.91 Å². The monoisotopic (exact) mass is 293 g/mol. The second-order valence-corrected chi connectivity index (χ2v) is 5.70. The molecule has 0 bridgehead atoms. The maximum absolute atomic E-state index is 12.2. The van der Waals surface area contributed by atoms with E-state index in [0.717, 1.165) is 0 Å². The van der Waals surface area contributed by atoms with Gasteiger partial charge in [0, 0.05) is 26.2 Å². The van der Waals surface area contributed by atoms with Crippen LogP contribution in [0.1, 0.15) is 30.3 Å². The topological polar surface area (TPSA) is 75.9 Å². The number of likely N-dealkylation sites (tertiary alicyclic amines) is 1. The van der Waals surface area contributed by atoms with Gasteiger partial charge in [-0.1, -0.05) is 5.16 Å². The molecule has 2 saturated heterocycles. The number of likely N-dealkylation sites (N-methyl/N-ethyl adjacent to an activating group) is 1. The van der Waals surface area contributed by atoms with Crippen molar-refractivity contribution in [3.63, 3.8) is 0 Å². The Morgan fingerprint density at radius 1 is 1.43 bits per heavy atom. The van der Waals surface area contributed by atoms with Gasteiger partial charge in [-0.3, -0.25) is 9.59 Å². The summed E-state index contributed by atoms with van der Waals surface area (Å²) in [6.45, 7) is 3.31. The molecule has 0 aromatic carbocycles. The summed E-state index contributed by atoms with van der Waals surface area (Å²) in [4.78, 5) is 27.4. The number of morpholine rings is 1. The fourth-order valence-corrected chi connectivity index (χ4v) is 3.13. The highest BCUT2D eigenvalue weighted by Gasteiger charge is 2.47. The van der Waals surface area contributed by atoms with E-state index >= 15 is 0 Å². The fourth-order valence-electron chi connectivity index (χ4n) is 3.13. The lowest BCUT2D eigenvalue weighted by molar-refractivity contribution is -0.181. The van der Waals surface area contributed by atoms with Crippen LogP contribution >= 0.6 is 0 Å². The van der Waals surface area contributed by atoms with Crippen LogP contribution in [0, 0.1) is 0 Å². The van der Waals surface area contributed by atoms with Crippen molar-refractivity contribution in [3.05, 3.63) is 18.0 Å². The van der Waals surface area contributed by atoms with Gasteiger partial charge in [-0.2, -0.15) is 0 Å². The molecule has 1 spiro atoms. The van der Waals surface area contributed by atoms with Crippen LogP contribution in [0.15, 0.2) is 16.8 Å². The number of ether oxygens (including phenoxy) is 1. The summed E-state index contributed by atoms with van der Waals surface area (Å²) in [5.74, 6) is 0.124. The zero-order chi connectivity index (χ0) is 15.0. The number of rotatable bonds is 1. The second kappa shape index (κ2) is 5.14. The van der Waals surface area contributed by atoms with Crippen molar-refractivity contribution >= 4 is 11.8 Å². The van der Waals surface area contributed by atoms with Crippen LogP contribution < -0.4 is 0 Å². The molecule has 3 rings (SSSR count). The van der Waals surface area contributed by atoms with Crippen molar-refractivity contribution in [2.45, 2.75) is 31.4 Å². The molecule has 0 saturated carbocycles. The van der Waals surface area contributed by atoms with Gasteiger partial charge in [-0.25, -0.2) is 0 Å². The van der Waals surface area contributed by atoms with Crippen LogP contribution in [-0.2, 0) is 9.53 Å². The molecule has 7 nitrogen and oxygen atoms in total. The molecule has 7 heteroatoms. The summed E-state index contributed by atoms with van der Waals surface area (Å²) in [7, 11) is 1.81. The molecule has 0 radical (unpaired) electrons. The molecule has 2 fully saturated rings. The van der Waals surface area contributed by atoms with E-state index in [1.165, 1.54) is 6.20 Å². The Morgan fingerprint density at radius 2 is 2.14 bits per heavy atom. The maximum Gasteiger partial charge on any atom is 0.292 e. The summed E-state index contributed by atoms with van der Waals surface area (Å²) < 4.78 is 10.8. The van der Waals surface area contributed by atoms with E-state index in [0.29, 0.717) is 25.9 Å². The third-order valence-corrected chi connectivity index (χ3v) is 4.76. The molecule has 1 unspecified atom stereocenters. The highest BCUT2D eigenvalue weighted by atomic mass is 16.5. The van der Waals surface area contributed by atoms with E-state index in [1.54, 1.807) is 15.9 Å². The Kier molecular flexibility index (Phi) is 3.44. The smallest absolute Gasteiger partial charge is 0.292 e. The molecule has 0 N–H and O–H groups in total. The molecule has 1 atom stereocenters. The minimum Gasteiger partial charge on any atom is -0.363 e. The first kappa shape index (κ1) is 14.1. The lowest BCUT2D eigenvalue weighted by Gasteiger charge is -2.50. The van der Waals surface area contributed by atoms with Crippen molar-refractivity contribution in [1.82, 2.24) is 15.0 Å². The first-order chi connectivity index (χ1) is 10.0. The molecule has 0 aliphatic carbocycles. The van der Waals surface area contributed by atoms with E-state index in [9.17, 15) is 9.59 Å². The molecular formula is C14H19N3O4. The van der Waals surface area contributed by atoms with Gasteiger partial charge in [0.2, 0.25) is 11.7 Å². The van der Waals surface area contributed by atoms with Crippen molar-refractivity contribution < 1.29 is 18.8 Å². The van der Waals surface area contributed by atoms with Gasteiger partial charge in [-0.15, -0.1) is 0 Å². The minimum absolute atomic E-state index is 0.00768. The maximum atomic E-state index is 12.2. The third kappa shape index (κ3) is 2.31. The van der Waals surface area contributed by atoms with E-state index in [4.69, 9.17) is 9.26 Å². The number of hydrogen-bond donors (Lipinski definition) is 0. The SMILES string of the molecule is CC1N(C)C(=O)COC12CCN(C(=O)c1ccno1)CC2. The minimum atomic E-state index is -0.346. The lowest BCUT2D eigenvalue weighted by atomic mass is 9.83. The van der Waals surface area contributed by atoms with Gasteiger partial charge in [0.15, 0.2) is 0 Å². The number of carbonyl (C=O) groups is 2. The average molecular weight is 293 g/mol. The largest absolute Gasteiger partial charge is 0.363 e. The predicted molar refractivity (Wildman–Crippen MR) is 72.6 cm³/mol. The summed E-state index contributed by atoms with van der Waals surface area (Å²) >= 11 is 0. The van der Waals surface area contributed by atoms with Crippen molar-refractivity contribution in [2.24, 2.45) is 0 Å². The standard InChI is InChI=1S/C14H19N3O4/c1-10-14(20-9-12(18)16(10)2)4-7-17(8-5-14)13(19)11-3-6-15-21-11/h3,6,10H,4-5,7-9H2,1-2H3. The molecule has 2 amide bonds. The first-order valence-electron chi connectivity index (χ1n) is 7.13. The lowest BCUT2D eigenvalue weighted by Crippen LogP contribution is -2.63. The van der Waals surface area contributed by atoms with Crippen LogP contribution in [0.3, 0.4) is 0 Å². The number of aromatic nitrogens is 1. The Bertz CT molecular complexity index is 534. The molecule has 114 valence electrons. The summed E-state index contributed by atoms with van der Waals surface area (Å²) in [6.07, 6.45) is 2.89. The van der Waals surface area contributed by atoms with E-state index in [1.807, 2.05) is 14.0 Å². The van der Waals surface area contributed by atoms with Crippen LogP contribution in [0.4, 0.5) is 0 Å². The number of amides is 2. The molecule has 2 aliphatic rings. The summed E-state index contributed by atoms with van der Waals surface area (Å²) in [6, 6.07) is 1.58. The molecular weight excluding hydrogens is 274 g/mol. The van der Waals surface area contributed by atoms with Crippen molar-refractivity contribution in [3.8, 4) is 0 Å². The zero-order valence-electron chi connectivity index (χ0n) is 12.2.